The van der Waals surface area contributed by atoms with Crippen LogP contribution in [0.25, 0.3) is 11.1 Å². The van der Waals surface area contributed by atoms with Crippen molar-refractivity contribution in [3.63, 3.8) is 0 Å². The molecule has 1 aliphatic heterocycles. The maximum Gasteiger partial charge on any atom is 0.416 e. The molecule has 0 spiro atoms. The molecule has 41 heavy (non-hydrogen) atoms. The molecule has 1 aromatic heterocycles. The monoisotopic (exact) mass is 567 g/mol. The van der Waals surface area contributed by atoms with Gasteiger partial charge in [-0.25, -0.2) is 4.79 Å². The Morgan fingerprint density at radius 1 is 1.02 bits per heavy atom. The molecule has 2 N–H and O–H groups in total. The van der Waals surface area contributed by atoms with Gasteiger partial charge in [0.25, 0.3) is 5.91 Å². The van der Waals surface area contributed by atoms with Crippen molar-refractivity contribution in [1.82, 2.24) is 25.4 Å². The molecular weight excluding hydrogens is 531 g/mol. The van der Waals surface area contributed by atoms with E-state index in [1.54, 1.807) is 29.3 Å². The normalized spacial score (nSPS) is 14.4. The Balaban J connectivity index is 1.70. The van der Waals surface area contributed by atoms with E-state index in [1.165, 1.54) is 6.07 Å². The molecule has 1 aliphatic rings. The van der Waals surface area contributed by atoms with E-state index in [9.17, 15) is 22.8 Å². The largest absolute Gasteiger partial charge is 0.416 e. The number of carbonyl (C=O) groups excluding carboxylic acids is 2. The molecule has 1 atom stereocenters. The third kappa shape index (κ3) is 7.24. The van der Waals surface area contributed by atoms with Gasteiger partial charge in [-0.15, -0.1) is 0 Å². The van der Waals surface area contributed by atoms with E-state index in [4.69, 9.17) is 0 Å². The lowest BCUT2D eigenvalue weighted by Crippen LogP contribution is -2.50. The second kappa shape index (κ2) is 11.9. The number of nitrogens with one attached hydrogen (secondary N) is 2. The molecule has 0 radical (unpaired) electrons. The summed E-state index contributed by atoms with van der Waals surface area (Å²) in [6.45, 7) is 6.47. The Morgan fingerprint density at radius 2 is 1.78 bits per heavy atom. The predicted molar refractivity (Wildman–Crippen MR) is 152 cm³/mol. The first-order chi connectivity index (χ1) is 19.2. The molecule has 2 aromatic carbocycles. The van der Waals surface area contributed by atoms with Crippen molar-refractivity contribution in [3.8, 4) is 11.1 Å². The summed E-state index contributed by atoms with van der Waals surface area (Å²) in [6.07, 6.45) is -2.38. The van der Waals surface area contributed by atoms with Crippen LogP contribution in [0.4, 0.5) is 18.0 Å². The van der Waals surface area contributed by atoms with Gasteiger partial charge >= 0.3 is 12.2 Å². The van der Waals surface area contributed by atoms with Gasteiger partial charge in [0.05, 0.1) is 17.3 Å². The summed E-state index contributed by atoms with van der Waals surface area (Å²) in [4.78, 5) is 34.7. The fourth-order valence-electron chi connectivity index (χ4n) is 5.00. The first-order valence-corrected chi connectivity index (χ1v) is 13.5. The summed E-state index contributed by atoms with van der Waals surface area (Å²) < 4.78 is 40.5. The van der Waals surface area contributed by atoms with Crippen molar-refractivity contribution in [2.45, 2.75) is 51.5 Å². The fourth-order valence-corrected chi connectivity index (χ4v) is 5.00. The number of benzene rings is 2. The van der Waals surface area contributed by atoms with E-state index in [1.807, 2.05) is 58.0 Å². The van der Waals surface area contributed by atoms with Crippen LogP contribution in [0.2, 0.25) is 0 Å². The quantitative estimate of drug-likeness (QED) is 0.403. The van der Waals surface area contributed by atoms with E-state index in [-0.39, 0.29) is 24.5 Å². The summed E-state index contributed by atoms with van der Waals surface area (Å²) in [7, 11) is 3.81. The van der Waals surface area contributed by atoms with Gasteiger partial charge in [-0.2, -0.15) is 13.2 Å². The summed E-state index contributed by atoms with van der Waals surface area (Å²) in [5.41, 5.74) is 2.45. The van der Waals surface area contributed by atoms with Crippen LogP contribution in [-0.2, 0) is 19.1 Å². The SMILES string of the molecule is CN(C)C(CNC(=O)c1ccc(-c2cccc(C(F)(F)F)c2)c2c1CN(C(=O)NC(C)(C)C)CC2)c1ccccn1. The number of halogens is 3. The molecule has 10 heteroatoms. The molecule has 1 unspecified atom stereocenters. The lowest BCUT2D eigenvalue weighted by atomic mass is 9.87. The Morgan fingerprint density at radius 3 is 2.41 bits per heavy atom. The van der Waals surface area contributed by atoms with Crippen LogP contribution < -0.4 is 10.6 Å². The van der Waals surface area contributed by atoms with Gasteiger partial charge in [0.15, 0.2) is 0 Å². The smallest absolute Gasteiger partial charge is 0.350 e. The number of aromatic nitrogens is 1. The van der Waals surface area contributed by atoms with Gasteiger partial charge in [0.1, 0.15) is 0 Å². The average molecular weight is 568 g/mol. The van der Waals surface area contributed by atoms with E-state index in [0.29, 0.717) is 41.8 Å². The third-order valence-electron chi connectivity index (χ3n) is 7.04. The van der Waals surface area contributed by atoms with E-state index in [0.717, 1.165) is 23.4 Å². The van der Waals surface area contributed by atoms with Gasteiger partial charge in [0, 0.05) is 36.9 Å². The average Bonchev–Trinajstić information content (AvgIpc) is 2.91. The molecule has 2 heterocycles. The molecular formula is C31H36F3N5O2. The summed E-state index contributed by atoms with van der Waals surface area (Å²) >= 11 is 0. The minimum atomic E-state index is -4.48. The van der Waals surface area contributed by atoms with Crippen LogP contribution in [0.5, 0.6) is 0 Å². The van der Waals surface area contributed by atoms with Crippen LogP contribution in [0.3, 0.4) is 0 Å². The number of rotatable bonds is 6. The molecule has 0 saturated carbocycles. The minimum Gasteiger partial charge on any atom is -0.350 e. The zero-order valence-corrected chi connectivity index (χ0v) is 24.0. The van der Waals surface area contributed by atoms with E-state index < -0.39 is 17.3 Å². The number of fused-ring (bicyclic) bond motifs is 1. The van der Waals surface area contributed by atoms with Crippen molar-refractivity contribution < 1.29 is 22.8 Å². The highest BCUT2D eigenvalue weighted by molar-refractivity contribution is 5.97. The van der Waals surface area contributed by atoms with Gasteiger partial charge in [0.2, 0.25) is 0 Å². The number of hydrogen-bond donors (Lipinski definition) is 2. The van der Waals surface area contributed by atoms with Crippen LogP contribution >= 0.6 is 0 Å². The van der Waals surface area contributed by atoms with Crippen molar-refractivity contribution in [2.24, 2.45) is 0 Å². The number of hydrogen-bond acceptors (Lipinski definition) is 4. The van der Waals surface area contributed by atoms with Crippen LogP contribution in [0, 0.1) is 0 Å². The standard InChI is InChI=1S/C31H36F3N5O2/c1-30(2,3)37-29(41)39-16-14-23-22(20-9-8-10-21(17-20)31(32,33)34)12-13-24(25(23)19-39)28(40)36-18-27(38(4)5)26-11-6-7-15-35-26/h6-13,15,17,27H,14,16,18-19H2,1-5H3,(H,36,40)(H,37,41). The van der Waals surface area contributed by atoms with Crippen molar-refractivity contribution in [3.05, 3.63) is 88.7 Å². The second-order valence-electron chi connectivity index (χ2n) is 11.5. The molecule has 0 saturated heterocycles. The van der Waals surface area contributed by atoms with E-state index >= 15 is 0 Å². The molecule has 218 valence electrons. The van der Waals surface area contributed by atoms with Gasteiger partial charge in [-0.3, -0.25) is 14.7 Å². The zero-order valence-electron chi connectivity index (χ0n) is 24.0. The number of alkyl halides is 3. The van der Waals surface area contributed by atoms with Gasteiger partial charge < -0.3 is 15.5 Å². The lowest BCUT2D eigenvalue weighted by molar-refractivity contribution is -0.137. The number of likely N-dealkylation sites (N-methyl/N-ethyl adjacent to an activating group) is 1. The van der Waals surface area contributed by atoms with Gasteiger partial charge in [-0.05, 0) is 93.9 Å². The number of urea groups is 1. The topological polar surface area (TPSA) is 77.6 Å². The third-order valence-corrected chi connectivity index (χ3v) is 7.04. The Kier molecular flexibility index (Phi) is 8.72. The Labute approximate surface area is 238 Å². The summed E-state index contributed by atoms with van der Waals surface area (Å²) in [6, 6.07) is 13.7. The van der Waals surface area contributed by atoms with Crippen LogP contribution in [0.1, 0.15) is 59.6 Å². The Hall–Kier alpha value is -3.92. The summed E-state index contributed by atoms with van der Waals surface area (Å²) in [5.74, 6) is -0.322. The van der Waals surface area contributed by atoms with Crippen LogP contribution in [-0.4, -0.2) is 59.4 Å². The molecule has 4 rings (SSSR count). The molecule has 3 aromatic rings. The van der Waals surface area contributed by atoms with Crippen molar-refractivity contribution in [1.29, 1.82) is 0 Å². The second-order valence-corrected chi connectivity index (χ2v) is 11.5. The molecule has 7 nitrogen and oxygen atoms in total. The minimum absolute atomic E-state index is 0.157. The zero-order chi connectivity index (χ0) is 29.9. The fraction of sp³-hybridized carbons (Fsp3) is 0.387. The van der Waals surface area contributed by atoms with Gasteiger partial charge in [-0.1, -0.05) is 24.3 Å². The maximum absolute atomic E-state index is 13.6. The number of nitrogens with zero attached hydrogens (tertiary/aromatic N) is 3. The highest BCUT2D eigenvalue weighted by atomic mass is 19.4. The molecule has 0 aliphatic carbocycles. The molecule has 0 bridgehead atoms. The molecule has 0 fully saturated rings. The van der Waals surface area contributed by atoms with Crippen LogP contribution in [0.15, 0.2) is 60.8 Å². The predicted octanol–water partition coefficient (Wildman–Crippen LogP) is 5.67. The first kappa shape index (κ1) is 30.0. The Bertz CT molecular complexity index is 1400. The molecule has 3 amide bonds. The number of amides is 3. The van der Waals surface area contributed by atoms with Crippen molar-refractivity contribution in [2.75, 3.05) is 27.2 Å². The number of pyridine rings is 1. The van der Waals surface area contributed by atoms with E-state index in [2.05, 4.69) is 15.6 Å². The lowest BCUT2D eigenvalue weighted by Gasteiger charge is -2.34. The van der Waals surface area contributed by atoms with Crippen molar-refractivity contribution >= 4 is 11.9 Å². The summed E-state index contributed by atoms with van der Waals surface area (Å²) in [5, 5.41) is 5.97. The first-order valence-electron chi connectivity index (χ1n) is 13.5. The maximum atomic E-state index is 13.6. The highest BCUT2D eigenvalue weighted by Gasteiger charge is 2.32. The number of carbonyl (C=O) groups is 2. The highest BCUT2D eigenvalue weighted by Crippen LogP contribution is 2.36.